The van der Waals surface area contributed by atoms with Gasteiger partial charge in [-0.05, 0) is 60.9 Å². The summed E-state index contributed by atoms with van der Waals surface area (Å²) < 4.78 is 5.69. The number of nitrogens with two attached hydrogens (primary N) is 1. The van der Waals surface area contributed by atoms with E-state index in [0.29, 0.717) is 17.7 Å². The lowest BCUT2D eigenvalue weighted by Gasteiger charge is -2.33. The molecule has 0 aliphatic heterocycles. The number of rotatable bonds is 12. The van der Waals surface area contributed by atoms with E-state index < -0.39 is 18.2 Å². The van der Waals surface area contributed by atoms with E-state index in [2.05, 4.69) is 0 Å². The monoisotopic (exact) mass is 532 g/mol. The largest absolute Gasteiger partial charge is 0.491 e. The van der Waals surface area contributed by atoms with Crippen molar-refractivity contribution < 1.29 is 24.9 Å². The van der Waals surface area contributed by atoms with Gasteiger partial charge in [0.15, 0.2) is 0 Å². The second kappa shape index (κ2) is 12.9. The Balaban J connectivity index is 1.73. The molecule has 3 aromatic rings. The van der Waals surface area contributed by atoms with Crippen LogP contribution in [0.1, 0.15) is 34.5 Å². The van der Waals surface area contributed by atoms with Gasteiger partial charge in [-0.3, -0.25) is 4.90 Å². The fraction of sp³-hybridized carbons (Fsp3) is 0.296. The molecule has 0 spiro atoms. The van der Waals surface area contributed by atoms with Crippen molar-refractivity contribution in [2.75, 3.05) is 25.4 Å². The summed E-state index contributed by atoms with van der Waals surface area (Å²) in [5.74, 6) is -0.331. The summed E-state index contributed by atoms with van der Waals surface area (Å²) in [6, 6.07) is 18.9. The summed E-state index contributed by atoms with van der Waals surface area (Å²) in [7, 11) is 0. The number of aromatic carboxylic acids is 1. The molecule has 192 valence electrons. The number of para-hydroxylation sites is 1. The first-order valence-corrected chi connectivity index (χ1v) is 12.2. The van der Waals surface area contributed by atoms with Gasteiger partial charge in [-0.1, -0.05) is 53.5 Å². The molecular formula is C27H30Cl2N2O5. The highest BCUT2D eigenvalue weighted by molar-refractivity contribution is 6.38. The van der Waals surface area contributed by atoms with Crippen LogP contribution in [0.25, 0.3) is 0 Å². The number of anilines is 1. The Hall–Kier alpha value is -2.81. The van der Waals surface area contributed by atoms with E-state index in [1.54, 1.807) is 36.4 Å². The van der Waals surface area contributed by atoms with Crippen molar-refractivity contribution in [2.24, 2.45) is 0 Å². The minimum absolute atomic E-state index is 0.0795. The molecule has 0 saturated heterocycles. The van der Waals surface area contributed by atoms with E-state index in [-0.39, 0.29) is 47.0 Å². The van der Waals surface area contributed by atoms with Crippen LogP contribution < -0.4 is 10.5 Å². The zero-order valence-electron chi connectivity index (χ0n) is 19.8. The molecule has 3 aromatic carbocycles. The third-order valence-corrected chi connectivity index (χ3v) is 6.51. The first-order chi connectivity index (χ1) is 17.1. The van der Waals surface area contributed by atoms with Crippen LogP contribution in [0, 0.1) is 0 Å². The van der Waals surface area contributed by atoms with Crippen LogP contribution in [0.4, 0.5) is 5.69 Å². The first kappa shape index (κ1) is 27.8. The van der Waals surface area contributed by atoms with E-state index in [4.69, 9.17) is 38.8 Å². The molecule has 3 rings (SSSR count). The van der Waals surface area contributed by atoms with Crippen LogP contribution in [0.2, 0.25) is 10.0 Å². The molecule has 0 aliphatic carbocycles. The van der Waals surface area contributed by atoms with E-state index in [9.17, 15) is 15.0 Å². The van der Waals surface area contributed by atoms with Gasteiger partial charge in [-0.15, -0.1) is 0 Å². The fourth-order valence-corrected chi connectivity index (χ4v) is 4.35. The number of halogens is 2. The summed E-state index contributed by atoms with van der Waals surface area (Å²) in [4.78, 5) is 13.1. The Kier molecular flexibility index (Phi) is 9.98. The second-order valence-corrected chi connectivity index (χ2v) is 9.52. The van der Waals surface area contributed by atoms with Gasteiger partial charge < -0.3 is 25.8 Å². The number of carboxylic acid groups (broad SMARTS) is 1. The summed E-state index contributed by atoms with van der Waals surface area (Å²) in [6.07, 6.45) is -1.20. The molecule has 36 heavy (non-hydrogen) atoms. The smallest absolute Gasteiger partial charge is 0.335 e. The van der Waals surface area contributed by atoms with Gasteiger partial charge in [0.2, 0.25) is 0 Å². The van der Waals surface area contributed by atoms with Gasteiger partial charge in [0.1, 0.15) is 18.5 Å². The first-order valence-electron chi connectivity index (χ1n) is 11.5. The van der Waals surface area contributed by atoms with Crippen molar-refractivity contribution in [3.63, 3.8) is 0 Å². The highest BCUT2D eigenvalue weighted by Crippen LogP contribution is 2.31. The zero-order valence-corrected chi connectivity index (χ0v) is 21.4. The van der Waals surface area contributed by atoms with Gasteiger partial charge >= 0.3 is 5.97 Å². The molecule has 5 N–H and O–H groups in total. The standard InChI is InChI=1S/C27H30Cl2N2O5/c1-17(11-18-7-9-19(10-8-18)27(34)35)31(14-21(32)16-36-22-5-3-2-4-6-22)15-25(33)20-12-23(28)26(30)24(29)13-20/h2-10,12-13,17,21,25,32-33H,11,14-16,30H2,1H3,(H,34,35)/t17?,21-,25-/m0/s1. The molecule has 0 radical (unpaired) electrons. The zero-order chi connectivity index (χ0) is 26.2. The molecule has 0 bridgehead atoms. The summed E-state index contributed by atoms with van der Waals surface area (Å²) in [5, 5.41) is 31.4. The van der Waals surface area contributed by atoms with Crippen molar-refractivity contribution in [2.45, 2.75) is 31.6 Å². The molecule has 0 heterocycles. The lowest BCUT2D eigenvalue weighted by atomic mass is 10.0. The van der Waals surface area contributed by atoms with Gasteiger partial charge in [-0.2, -0.15) is 0 Å². The maximum absolute atomic E-state index is 11.2. The molecule has 7 nitrogen and oxygen atoms in total. The van der Waals surface area contributed by atoms with Crippen LogP contribution in [0.5, 0.6) is 5.75 Å². The van der Waals surface area contributed by atoms with Gasteiger partial charge in [-0.25, -0.2) is 4.79 Å². The topological polar surface area (TPSA) is 116 Å². The highest BCUT2D eigenvalue weighted by atomic mass is 35.5. The Morgan fingerprint density at radius 3 is 2.19 bits per heavy atom. The number of hydrogen-bond donors (Lipinski definition) is 4. The normalized spacial score (nSPS) is 13.8. The van der Waals surface area contributed by atoms with E-state index >= 15 is 0 Å². The number of aliphatic hydroxyl groups excluding tert-OH is 2. The molecule has 0 aromatic heterocycles. The average molecular weight is 533 g/mol. The van der Waals surface area contributed by atoms with Crippen molar-refractivity contribution >= 4 is 34.9 Å². The van der Waals surface area contributed by atoms with Crippen LogP contribution >= 0.6 is 23.2 Å². The van der Waals surface area contributed by atoms with Gasteiger partial charge in [0, 0.05) is 19.1 Å². The van der Waals surface area contributed by atoms with Crippen molar-refractivity contribution in [3.8, 4) is 5.75 Å². The number of aliphatic hydroxyl groups is 2. The fourth-order valence-electron chi connectivity index (χ4n) is 3.84. The molecule has 3 atom stereocenters. The lowest BCUT2D eigenvalue weighted by molar-refractivity contribution is 0.0291. The van der Waals surface area contributed by atoms with E-state index in [1.165, 1.54) is 0 Å². The average Bonchev–Trinajstić information content (AvgIpc) is 2.86. The molecule has 1 unspecified atom stereocenters. The molecular weight excluding hydrogens is 503 g/mol. The summed E-state index contributed by atoms with van der Waals surface area (Å²) >= 11 is 12.3. The van der Waals surface area contributed by atoms with Gasteiger partial charge in [0.05, 0.1) is 27.4 Å². The summed E-state index contributed by atoms with van der Waals surface area (Å²) in [5.41, 5.74) is 7.73. The van der Waals surface area contributed by atoms with Crippen LogP contribution in [0.15, 0.2) is 66.7 Å². The number of ether oxygens (including phenoxy) is 1. The number of carbonyl (C=O) groups is 1. The Morgan fingerprint density at radius 2 is 1.61 bits per heavy atom. The SMILES string of the molecule is CC(Cc1ccc(C(=O)O)cc1)N(C[C@H](O)COc1ccccc1)C[C@H](O)c1cc(Cl)c(N)c(Cl)c1. The number of benzene rings is 3. The molecule has 0 amide bonds. The molecule has 0 saturated carbocycles. The minimum atomic E-state index is -0.985. The van der Waals surface area contributed by atoms with Crippen molar-refractivity contribution in [1.29, 1.82) is 0 Å². The predicted octanol–water partition coefficient (Wildman–Crippen LogP) is 4.68. The number of hydrogen-bond acceptors (Lipinski definition) is 6. The van der Waals surface area contributed by atoms with E-state index in [1.807, 2.05) is 42.2 Å². The predicted molar refractivity (Wildman–Crippen MR) is 142 cm³/mol. The van der Waals surface area contributed by atoms with E-state index in [0.717, 1.165) is 5.56 Å². The molecule has 0 aliphatic rings. The number of nitrogens with zero attached hydrogens (tertiary/aromatic N) is 1. The van der Waals surface area contributed by atoms with Crippen molar-refractivity contribution in [3.05, 3.63) is 93.5 Å². The van der Waals surface area contributed by atoms with Crippen LogP contribution in [-0.2, 0) is 6.42 Å². The maximum atomic E-state index is 11.2. The van der Waals surface area contributed by atoms with Crippen molar-refractivity contribution in [1.82, 2.24) is 4.90 Å². The van der Waals surface area contributed by atoms with Crippen LogP contribution in [0.3, 0.4) is 0 Å². The molecule has 0 fully saturated rings. The van der Waals surface area contributed by atoms with Crippen LogP contribution in [-0.4, -0.2) is 58.0 Å². The Bertz CT molecular complexity index is 1120. The lowest BCUT2D eigenvalue weighted by Crippen LogP contribution is -2.44. The summed E-state index contributed by atoms with van der Waals surface area (Å²) in [6.45, 7) is 2.48. The number of carboxylic acids is 1. The number of nitrogen functional groups attached to an aromatic ring is 1. The quantitative estimate of drug-likeness (QED) is 0.250. The highest BCUT2D eigenvalue weighted by Gasteiger charge is 2.23. The second-order valence-electron chi connectivity index (χ2n) is 8.70. The van der Waals surface area contributed by atoms with Gasteiger partial charge in [0.25, 0.3) is 0 Å². The minimum Gasteiger partial charge on any atom is -0.491 e. The maximum Gasteiger partial charge on any atom is 0.335 e. The molecule has 9 heteroatoms. The third-order valence-electron chi connectivity index (χ3n) is 5.88. The Morgan fingerprint density at radius 1 is 1.00 bits per heavy atom. The Labute approximate surface area is 220 Å². The third kappa shape index (κ3) is 7.85.